The zero-order chi connectivity index (χ0) is 14.0. The van der Waals surface area contributed by atoms with Gasteiger partial charge < -0.3 is 9.84 Å². The van der Waals surface area contributed by atoms with Crippen molar-refractivity contribution in [3.05, 3.63) is 40.7 Å². The van der Waals surface area contributed by atoms with Crippen molar-refractivity contribution in [1.29, 1.82) is 0 Å². The molecule has 0 aliphatic carbocycles. The first-order valence-corrected chi connectivity index (χ1v) is 6.48. The highest BCUT2D eigenvalue weighted by Gasteiger charge is 2.18. The second-order valence-electron chi connectivity index (χ2n) is 4.58. The van der Waals surface area contributed by atoms with Crippen LogP contribution in [0.15, 0.2) is 24.3 Å². The smallest absolute Gasteiger partial charge is 0.138 e. The number of hydrogen-bond acceptors (Lipinski definition) is 3. The van der Waals surface area contributed by atoms with Gasteiger partial charge in [0.25, 0.3) is 0 Å². The molecule has 4 nitrogen and oxygen atoms in total. The molecule has 102 valence electrons. The van der Waals surface area contributed by atoms with E-state index in [1.165, 1.54) is 0 Å². The molecule has 0 bridgehead atoms. The van der Waals surface area contributed by atoms with Crippen LogP contribution in [0.3, 0.4) is 0 Å². The predicted octanol–water partition coefficient (Wildman–Crippen LogP) is 3.15. The lowest BCUT2D eigenvalue weighted by Crippen LogP contribution is -1.98. The molecule has 5 heteroatoms. The number of methoxy groups -OCH3 is 1. The quantitative estimate of drug-likeness (QED) is 0.936. The number of aromatic nitrogens is 2. The van der Waals surface area contributed by atoms with Gasteiger partial charge in [-0.15, -0.1) is 0 Å². The van der Waals surface area contributed by atoms with E-state index in [2.05, 4.69) is 5.10 Å². The number of aliphatic hydroxyl groups is 1. The maximum absolute atomic E-state index is 9.45. The highest BCUT2D eigenvalue weighted by molar-refractivity contribution is 6.30. The lowest BCUT2D eigenvalue weighted by molar-refractivity contribution is 0.280. The fourth-order valence-electron chi connectivity index (χ4n) is 1.97. The molecule has 1 aromatic heterocycles. The number of nitrogens with zero attached hydrogens (tertiary/aromatic N) is 2. The minimum Gasteiger partial charge on any atom is -0.497 e. The molecule has 2 aromatic rings. The van der Waals surface area contributed by atoms with Gasteiger partial charge in [0.1, 0.15) is 10.9 Å². The standard InChI is InChI=1S/C14H17ClN2O2/c1-9(2)13-12(8-18)14(15)17(16-13)10-5-4-6-11(7-10)19-3/h4-7,9,18H,8H2,1-3H3. The van der Waals surface area contributed by atoms with Gasteiger partial charge in [0.15, 0.2) is 0 Å². The van der Waals surface area contributed by atoms with E-state index in [0.29, 0.717) is 10.7 Å². The van der Waals surface area contributed by atoms with Gasteiger partial charge in [-0.25, -0.2) is 4.68 Å². The number of benzene rings is 1. The number of hydrogen-bond donors (Lipinski definition) is 1. The predicted molar refractivity (Wildman–Crippen MR) is 75.1 cm³/mol. The number of rotatable bonds is 4. The van der Waals surface area contributed by atoms with Crippen LogP contribution in [0.4, 0.5) is 0 Å². The Hall–Kier alpha value is -1.52. The molecule has 0 amide bonds. The van der Waals surface area contributed by atoms with Crippen LogP contribution in [0.1, 0.15) is 31.0 Å². The second-order valence-corrected chi connectivity index (χ2v) is 4.94. The summed E-state index contributed by atoms with van der Waals surface area (Å²) in [6, 6.07) is 7.48. The third kappa shape index (κ3) is 2.60. The van der Waals surface area contributed by atoms with E-state index in [0.717, 1.165) is 17.1 Å². The van der Waals surface area contributed by atoms with Crippen LogP contribution in [0, 0.1) is 0 Å². The second kappa shape index (κ2) is 5.63. The van der Waals surface area contributed by atoms with Gasteiger partial charge in [-0.2, -0.15) is 5.10 Å². The highest BCUT2D eigenvalue weighted by atomic mass is 35.5. The van der Waals surface area contributed by atoms with E-state index in [4.69, 9.17) is 16.3 Å². The average Bonchev–Trinajstić information content (AvgIpc) is 2.76. The van der Waals surface area contributed by atoms with E-state index in [9.17, 15) is 5.11 Å². The molecule has 2 rings (SSSR count). The first-order valence-electron chi connectivity index (χ1n) is 6.11. The molecular formula is C14H17ClN2O2. The fraction of sp³-hybridized carbons (Fsp3) is 0.357. The largest absolute Gasteiger partial charge is 0.497 e. The van der Waals surface area contributed by atoms with Gasteiger partial charge in [0.2, 0.25) is 0 Å². The third-order valence-corrected chi connectivity index (χ3v) is 3.34. The lowest BCUT2D eigenvalue weighted by Gasteiger charge is -2.05. The Balaban J connectivity index is 2.55. The van der Waals surface area contributed by atoms with Gasteiger partial charge >= 0.3 is 0 Å². The summed E-state index contributed by atoms with van der Waals surface area (Å²) in [5, 5.41) is 14.4. The summed E-state index contributed by atoms with van der Waals surface area (Å²) in [4.78, 5) is 0. The summed E-state index contributed by atoms with van der Waals surface area (Å²) in [5.74, 6) is 0.937. The van der Waals surface area contributed by atoms with E-state index in [-0.39, 0.29) is 12.5 Å². The highest BCUT2D eigenvalue weighted by Crippen LogP contribution is 2.29. The third-order valence-electron chi connectivity index (χ3n) is 2.95. The van der Waals surface area contributed by atoms with Crippen molar-refractivity contribution in [2.75, 3.05) is 7.11 Å². The summed E-state index contributed by atoms with van der Waals surface area (Å²) in [6.07, 6.45) is 0. The van der Waals surface area contributed by atoms with E-state index in [1.54, 1.807) is 11.8 Å². The fourth-order valence-corrected chi connectivity index (χ4v) is 2.26. The van der Waals surface area contributed by atoms with Gasteiger partial charge in [0, 0.05) is 11.6 Å². The topological polar surface area (TPSA) is 47.3 Å². The zero-order valence-electron chi connectivity index (χ0n) is 11.2. The van der Waals surface area contributed by atoms with Crippen molar-refractivity contribution >= 4 is 11.6 Å². The van der Waals surface area contributed by atoms with Crippen LogP contribution >= 0.6 is 11.6 Å². The molecule has 1 aromatic carbocycles. The Bertz CT molecular complexity index is 579. The number of halogens is 1. The Morgan fingerprint density at radius 3 is 2.68 bits per heavy atom. The number of aliphatic hydroxyl groups excluding tert-OH is 1. The maximum Gasteiger partial charge on any atom is 0.138 e. The number of ether oxygens (including phenoxy) is 1. The summed E-state index contributed by atoms with van der Waals surface area (Å²) in [7, 11) is 1.61. The summed E-state index contributed by atoms with van der Waals surface area (Å²) >= 11 is 6.30. The Kier molecular flexibility index (Phi) is 4.12. The van der Waals surface area contributed by atoms with Gasteiger partial charge in [-0.3, -0.25) is 0 Å². The van der Waals surface area contributed by atoms with Crippen molar-refractivity contribution in [2.24, 2.45) is 0 Å². The Labute approximate surface area is 117 Å². The van der Waals surface area contributed by atoms with Crippen LogP contribution in [0.2, 0.25) is 5.15 Å². The van der Waals surface area contributed by atoms with Crippen molar-refractivity contribution in [1.82, 2.24) is 9.78 Å². The SMILES string of the molecule is COc1cccc(-n2nc(C(C)C)c(CO)c2Cl)c1. The molecule has 1 N–H and O–H groups in total. The minimum absolute atomic E-state index is 0.115. The summed E-state index contributed by atoms with van der Waals surface area (Å²) < 4.78 is 6.82. The van der Waals surface area contributed by atoms with Crippen LogP contribution in [0.5, 0.6) is 5.75 Å². The molecule has 0 aliphatic rings. The molecule has 19 heavy (non-hydrogen) atoms. The summed E-state index contributed by atoms with van der Waals surface area (Å²) in [5.41, 5.74) is 2.31. The van der Waals surface area contributed by atoms with Gasteiger partial charge in [-0.05, 0) is 18.1 Å². The monoisotopic (exact) mass is 280 g/mol. The molecule has 0 atom stereocenters. The zero-order valence-corrected chi connectivity index (χ0v) is 12.0. The maximum atomic E-state index is 9.45. The van der Waals surface area contributed by atoms with Crippen LogP contribution in [-0.2, 0) is 6.61 Å². The molecular weight excluding hydrogens is 264 g/mol. The Morgan fingerprint density at radius 1 is 1.42 bits per heavy atom. The summed E-state index contributed by atoms with van der Waals surface area (Å²) in [6.45, 7) is 3.93. The minimum atomic E-state index is -0.115. The molecule has 0 radical (unpaired) electrons. The van der Waals surface area contributed by atoms with Crippen molar-refractivity contribution < 1.29 is 9.84 Å². The Morgan fingerprint density at radius 2 is 2.16 bits per heavy atom. The molecule has 0 saturated heterocycles. The van der Waals surface area contributed by atoms with Crippen LogP contribution in [0.25, 0.3) is 5.69 Å². The van der Waals surface area contributed by atoms with E-state index in [1.807, 2.05) is 38.1 Å². The van der Waals surface area contributed by atoms with E-state index >= 15 is 0 Å². The normalized spacial score (nSPS) is 11.1. The van der Waals surface area contributed by atoms with Crippen LogP contribution in [-0.4, -0.2) is 22.0 Å². The van der Waals surface area contributed by atoms with Gasteiger partial charge in [0.05, 0.1) is 25.1 Å². The van der Waals surface area contributed by atoms with E-state index < -0.39 is 0 Å². The van der Waals surface area contributed by atoms with Gasteiger partial charge in [-0.1, -0.05) is 31.5 Å². The molecule has 1 heterocycles. The molecule has 0 unspecified atom stereocenters. The molecule has 0 spiro atoms. The molecule has 0 fully saturated rings. The first kappa shape index (κ1) is 13.9. The first-order chi connectivity index (χ1) is 9.08. The molecule has 0 saturated carbocycles. The van der Waals surface area contributed by atoms with Crippen LogP contribution < -0.4 is 4.74 Å². The lowest BCUT2D eigenvalue weighted by atomic mass is 10.1. The average molecular weight is 281 g/mol. The van der Waals surface area contributed by atoms with Crippen molar-refractivity contribution in [3.8, 4) is 11.4 Å². The van der Waals surface area contributed by atoms with Crippen molar-refractivity contribution in [2.45, 2.75) is 26.4 Å². The molecule has 0 aliphatic heterocycles. The van der Waals surface area contributed by atoms with Crippen molar-refractivity contribution in [3.63, 3.8) is 0 Å².